The number of hydrogen-bond donors (Lipinski definition) is 2. The molecule has 0 unspecified atom stereocenters. The van der Waals surface area contributed by atoms with E-state index in [1.54, 1.807) is 18.2 Å². The Balaban J connectivity index is 2.46. The minimum absolute atomic E-state index is 0.229. The van der Waals surface area contributed by atoms with Gasteiger partial charge in [0, 0.05) is 18.2 Å². The third-order valence-corrected chi connectivity index (χ3v) is 3.30. The van der Waals surface area contributed by atoms with Crippen LogP contribution in [0.1, 0.15) is 17.3 Å². The largest absolute Gasteiger partial charge is 0.480 e. The monoisotopic (exact) mass is 341 g/mol. The van der Waals surface area contributed by atoms with Gasteiger partial charge in [0.15, 0.2) is 0 Å². The third-order valence-electron chi connectivity index (χ3n) is 2.45. The van der Waals surface area contributed by atoms with Crippen molar-refractivity contribution in [3.63, 3.8) is 0 Å². The van der Waals surface area contributed by atoms with Gasteiger partial charge in [-0.1, -0.05) is 18.2 Å². The van der Waals surface area contributed by atoms with Gasteiger partial charge in [0.05, 0.1) is 0 Å². The van der Waals surface area contributed by atoms with E-state index in [4.69, 9.17) is 5.11 Å². The maximum atomic E-state index is 11.9. The molecule has 124 valence electrons. The van der Waals surface area contributed by atoms with E-state index in [2.05, 4.69) is 14.8 Å². The maximum Gasteiger partial charge on any atom is 0.370 e. The molecule has 0 radical (unpaired) electrons. The van der Waals surface area contributed by atoms with Crippen molar-refractivity contribution in [2.24, 2.45) is 0 Å². The second-order valence-corrected chi connectivity index (χ2v) is 5.14. The SMILES string of the molecule is CC(=O)OCOC(=O)SC[C@H](NC(=O)c1ccccc1)C(=O)O. The van der Waals surface area contributed by atoms with Crippen LogP contribution in [0, 0.1) is 0 Å². The molecule has 0 aliphatic carbocycles. The number of thioether (sulfide) groups is 1. The van der Waals surface area contributed by atoms with E-state index in [0.29, 0.717) is 17.3 Å². The zero-order valence-corrected chi connectivity index (χ0v) is 13.0. The van der Waals surface area contributed by atoms with Crippen LogP contribution >= 0.6 is 11.8 Å². The summed E-state index contributed by atoms with van der Waals surface area (Å²) in [6.45, 7) is 0.607. The molecule has 0 bridgehead atoms. The zero-order valence-electron chi connectivity index (χ0n) is 12.2. The Morgan fingerprint density at radius 2 is 1.83 bits per heavy atom. The highest BCUT2D eigenvalue weighted by atomic mass is 32.2. The molecule has 9 heteroatoms. The van der Waals surface area contributed by atoms with E-state index >= 15 is 0 Å². The molecule has 0 aliphatic rings. The van der Waals surface area contributed by atoms with Crippen molar-refractivity contribution in [3.05, 3.63) is 35.9 Å². The van der Waals surface area contributed by atoms with E-state index in [-0.39, 0.29) is 5.75 Å². The Bertz CT molecular complexity index is 576. The van der Waals surface area contributed by atoms with Crippen molar-refractivity contribution in [2.75, 3.05) is 12.5 Å². The van der Waals surface area contributed by atoms with Crippen LogP contribution in [0.5, 0.6) is 0 Å². The number of aliphatic carboxylic acids is 1. The second-order valence-electron chi connectivity index (χ2n) is 4.19. The van der Waals surface area contributed by atoms with Crippen molar-refractivity contribution < 1.29 is 33.8 Å². The fourth-order valence-corrected chi connectivity index (χ4v) is 2.02. The van der Waals surface area contributed by atoms with Crippen LogP contribution in [0.3, 0.4) is 0 Å². The number of ether oxygens (including phenoxy) is 2. The molecule has 1 atom stereocenters. The summed E-state index contributed by atoms with van der Waals surface area (Å²) in [5.41, 5.74) is 0.307. The molecule has 1 aromatic rings. The average molecular weight is 341 g/mol. The topological polar surface area (TPSA) is 119 Å². The number of amides is 1. The van der Waals surface area contributed by atoms with Crippen molar-refractivity contribution in [2.45, 2.75) is 13.0 Å². The molecule has 0 saturated carbocycles. The summed E-state index contributed by atoms with van der Waals surface area (Å²) < 4.78 is 8.96. The van der Waals surface area contributed by atoms with Crippen molar-refractivity contribution >= 4 is 34.9 Å². The number of rotatable bonds is 7. The van der Waals surface area contributed by atoms with Crippen LogP contribution in [-0.4, -0.2) is 46.8 Å². The van der Waals surface area contributed by atoms with Crippen molar-refractivity contribution in [1.82, 2.24) is 5.32 Å². The molecule has 0 aliphatic heterocycles. The smallest absolute Gasteiger partial charge is 0.370 e. The van der Waals surface area contributed by atoms with Crippen LogP contribution in [0.4, 0.5) is 4.79 Å². The second kappa shape index (κ2) is 9.46. The summed E-state index contributed by atoms with van der Waals surface area (Å²) in [6, 6.07) is 6.82. The Morgan fingerprint density at radius 3 is 2.39 bits per heavy atom. The summed E-state index contributed by atoms with van der Waals surface area (Å²) in [6.07, 6.45) is 0. The first-order valence-corrected chi connectivity index (χ1v) is 7.40. The minimum Gasteiger partial charge on any atom is -0.480 e. The Labute approximate surface area is 136 Å². The first-order valence-electron chi connectivity index (χ1n) is 6.41. The van der Waals surface area contributed by atoms with Crippen LogP contribution in [0.15, 0.2) is 30.3 Å². The number of nitrogens with one attached hydrogen (secondary N) is 1. The quantitative estimate of drug-likeness (QED) is 0.562. The molecule has 1 aromatic carbocycles. The Kier molecular flexibility index (Phi) is 7.61. The van der Waals surface area contributed by atoms with Crippen LogP contribution in [0.25, 0.3) is 0 Å². The van der Waals surface area contributed by atoms with Gasteiger partial charge in [-0.2, -0.15) is 0 Å². The fraction of sp³-hybridized carbons (Fsp3) is 0.286. The standard InChI is InChI=1S/C14H15NO7S/c1-9(16)21-8-22-14(20)23-7-11(13(18)19)15-12(17)10-5-3-2-4-6-10/h2-6,11H,7-8H2,1H3,(H,15,17)(H,18,19)/t11-/m0/s1. The van der Waals surface area contributed by atoms with Gasteiger partial charge in [0.1, 0.15) is 6.04 Å². The molecule has 0 heterocycles. The van der Waals surface area contributed by atoms with Gasteiger partial charge in [-0.15, -0.1) is 0 Å². The molecule has 0 saturated heterocycles. The molecule has 8 nitrogen and oxygen atoms in total. The molecular formula is C14H15NO7S. The highest BCUT2D eigenvalue weighted by molar-refractivity contribution is 8.13. The predicted molar refractivity (Wildman–Crippen MR) is 80.9 cm³/mol. The number of carboxylic acid groups (broad SMARTS) is 1. The predicted octanol–water partition coefficient (Wildman–Crippen LogP) is 1.26. The molecule has 0 aromatic heterocycles. The van der Waals surface area contributed by atoms with Gasteiger partial charge < -0.3 is 19.9 Å². The van der Waals surface area contributed by atoms with Gasteiger partial charge in [0.25, 0.3) is 5.91 Å². The Morgan fingerprint density at radius 1 is 1.17 bits per heavy atom. The highest BCUT2D eigenvalue weighted by Gasteiger charge is 2.22. The van der Waals surface area contributed by atoms with Crippen LogP contribution in [0.2, 0.25) is 0 Å². The first-order chi connectivity index (χ1) is 10.9. The molecule has 1 amide bonds. The lowest BCUT2D eigenvalue weighted by Gasteiger charge is -2.13. The number of esters is 1. The molecular weight excluding hydrogens is 326 g/mol. The molecule has 23 heavy (non-hydrogen) atoms. The number of benzene rings is 1. The fourth-order valence-electron chi connectivity index (χ4n) is 1.36. The summed E-state index contributed by atoms with van der Waals surface area (Å²) in [5, 5.41) is 10.6. The number of carbonyl (C=O) groups is 4. The zero-order chi connectivity index (χ0) is 17.2. The van der Waals surface area contributed by atoms with E-state index in [1.165, 1.54) is 12.1 Å². The van der Waals surface area contributed by atoms with E-state index in [9.17, 15) is 19.2 Å². The molecule has 1 rings (SSSR count). The normalized spacial score (nSPS) is 11.2. The van der Waals surface area contributed by atoms with E-state index in [1.807, 2.05) is 0 Å². The number of carboxylic acids is 1. The van der Waals surface area contributed by atoms with Crippen LogP contribution in [-0.2, 0) is 19.1 Å². The van der Waals surface area contributed by atoms with Gasteiger partial charge in [0.2, 0.25) is 6.79 Å². The molecule has 0 fully saturated rings. The lowest BCUT2D eigenvalue weighted by molar-refractivity contribution is -0.148. The molecule has 2 N–H and O–H groups in total. The van der Waals surface area contributed by atoms with E-state index < -0.39 is 36.0 Å². The van der Waals surface area contributed by atoms with Gasteiger partial charge >= 0.3 is 17.2 Å². The summed E-state index contributed by atoms with van der Waals surface area (Å²) in [5.74, 6) is -2.69. The van der Waals surface area contributed by atoms with Crippen LogP contribution < -0.4 is 5.32 Å². The number of hydrogen-bond acceptors (Lipinski definition) is 7. The number of carbonyl (C=O) groups excluding carboxylic acids is 3. The maximum absolute atomic E-state index is 11.9. The van der Waals surface area contributed by atoms with E-state index in [0.717, 1.165) is 6.92 Å². The Hall–Kier alpha value is -2.55. The lowest BCUT2D eigenvalue weighted by atomic mass is 10.2. The van der Waals surface area contributed by atoms with Crippen molar-refractivity contribution in [3.8, 4) is 0 Å². The minimum atomic E-state index is -1.28. The van der Waals surface area contributed by atoms with Gasteiger partial charge in [-0.3, -0.25) is 9.59 Å². The molecule has 0 spiro atoms. The van der Waals surface area contributed by atoms with Crippen molar-refractivity contribution in [1.29, 1.82) is 0 Å². The van der Waals surface area contributed by atoms with Gasteiger partial charge in [-0.05, 0) is 23.9 Å². The first kappa shape index (κ1) is 18.5. The summed E-state index contributed by atoms with van der Waals surface area (Å²) in [4.78, 5) is 44.9. The lowest BCUT2D eigenvalue weighted by Crippen LogP contribution is -2.42. The van der Waals surface area contributed by atoms with Gasteiger partial charge in [-0.25, -0.2) is 9.59 Å². The average Bonchev–Trinajstić information content (AvgIpc) is 2.51. The highest BCUT2D eigenvalue weighted by Crippen LogP contribution is 2.09. The third kappa shape index (κ3) is 7.32. The summed E-state index contributed by atoms with van der Waals surface area (Å²) in [7, 11) is 0. The summed E-state index contributed by atoms with van der Waals surface area (Å²) >= 11 is 0.554.